The molecular weight excluding hydrogens is 324 g/mol. The number of nitrogens with one attached hydrogen (secondary N) is 1. The van der Waals surface area contributed by atoms with Crippen LogP contribution in [0.5, 0.6) is 0 Å². The summed E-state index contributed by atoms with van der Waals surface area (Å²) >= 11 is 0. The summed E-state index contributed by atoms with van der Waals surface area (Å²) in [7, 11) is 0. The van der Waals surface area contributed by atoms with Crippen LogP contribution >= 0.6 is 0 Å². The van der Waals surface area contributed by atoms with Gasteiger partial charge in [0.25, 0.3) is 5.91 Å². The summed E-state index contributed by atoms with van der Waals surface area (Å²) in [5.74, 6) is -3.88. The van der Waals surface area contributed by atoms with Crippen LogP contribution in [0.3, 0.4) is 0 Å². The van der Waals surface area contributed by atoms with Crippen molar-refractivity contribution in [3.63, 3.8) is 0 Å². The van der Waals surface area contributed by atoms with Crippen molar-refractivity contribution in [2.45, 2.75) is 59.3 Å². The van der Waals surface area contributed by atoms with Crippen molar-refractivity contribution in [1.82, 2.24) is 5.32 Å². The molecule has 0 fully saturated rings. The minimum Gasteiger partial charge on any atom is -0.548 e. The highest BCUT2D eigenvalue weighted by molar-refractivity contribution is 5.84. The third-order valence-electron chi connectivity index (χ3n) is 1.96. The normalized spacial score (nSPS) is 13.8. The molecule has 0 aliphatic rings. The van der Waals surface area contributed by atoms with E-state index >= 15 is 0 Å². The topological polar surface area (TPSA) is 232 Å². The summed E-state index contributed by atoms with van der Waals surface area (Å²) in [6, 6.07) is -2.58. The molecule has 24 heavy (non-hydrogen) atoms. The van der Waals surface area contributed by atoms with Gasteiger partial charge in [-0.25, -0.2) is 0 Å². The highest BCUT2D eigenvalue weighted by Gasteiger charge is 2.13. The number of carboxylic acid groups (broad SMARTS) is 3. The predicted molar refractivity (Wildman–Crippen MR) is 76.4 cm³/mol. The first kappa shape index (κ1) is 29.7. The predicted octanol–water partition coefficient (Wildman–Crippen LogP) is -7.76. The van der Waals surface area contributed by atoms with E-state index < -0.39 is 42.1 Å². The van der Waals surface area contributed by atoms with Crippen molar-refractivity contribution in [2.24, 2.45) is 0 Å². The van der Waals surface area contributed by atoms with Gasteiger partial charge in [-0.05, 0) is 27.7 Å². The SMILES string of the molecule is C.CC([NH3+])C(=O)NC(C)C(=O)[O-].CC([NH3+])C(=O)[O-].CC([NH3+])C(=O)[O-]. The van der Waals surface area contributed by atoms with Gasteiger partial charge in [0.15, 0.2) is 6.04 Å². The molecule has 0 bridgehead atoms. The molecule has 144 valence electrons. The van der Waals surface area contributed by atoms with Crippen molar-refractivity contribution in [3.05, 3.63) is 0 Å². The zero-order valence-corrected chi connectivity index (χ0v) is 13.8. The molecule has 11 nitrogen and oxygen atoms in total. The molecule has 0 spiro atoms. The lowest BCUT2D eigenvalue weighted by Crippen LogP contribution is -2.67. The van der Waals surface area contributed by atoms with Crippen LogP contribution in [0, 0.1) is 0 Å². The van der Waals surface area contributed by atoms with Crippen LogP contribution in [0.4, 0.5) is 0 Å². The van der Waals surface area contributed by atoms with Crippen LogP contribution in [-0.4, -0.2) is 48.0 Å². The van der Waals surface area contributed by atoms with Crippen molar-refractivity contribution < 1.29 is 51.7 Å². The van der Waals surface area contributed by atoms with Gasteiger partial charge in [0.2, 0.25) is 0 Å². The van der Waals surface area contributed by atoms with Crippen molar-refractivity contribution >= 4 is 23.8 Å². The van der Waals surface area contributed by atoms with E-state index in [-0.39, 0.29) is 13.3 Å². The average Bonchev–Trinajstić information content (AvgIpc) is 2.39. The molecule has 0 aromatic carbocycles. The van der Waals surface area contributed by atoms with E-state index in [2.05, 4.69) is 22.5 Å². The second-order valence-corrected chi connectivity index (χ2v) is 4.89. The van der Waals surface area contributed by atoms with E-state index in [1.54, 1.807) is 6.92 Å². The molecule has 11 heteroatoms. The van der Waals surface area contributed by atoms with Gasteiger partial charge in [0.05, 0.1) is 23.9 Å². The molecule has 0 aromatic rings. The zero-order valence-electron chi connectivity index (χ0n) is 13.8. The standard InChI is InChI=1S/C6H12N2O3.2C3H7NO2.CH4/c1-3(7)5(9)8-4(2)6(10)11;2*1-2(4)3(5)6;/h3-4H,7H2,1-2H3,(H,8,9)(H,10,11);2*2H,4H2,1H3,(H,5,6);1H4. The average molecular weight is 354 g/mol. The largest absolute Gasteiger partial charge is 0.548 e. The summed E-state index contributed by atoms with van der Waals surface area (Å²) in [6.07, 6.45) is 0. The van der Waals surface area contributed by atoms with E-state index in [0.717, 1.165) is 0 Å². The van der Waals surface area contributed by atoms with Crippen molar-refractivity contribution in [2.75, 3.05) is 0 Å². The lowest BCUT2D eigenvalue weighted by atomic mass is 10.3. The molecule has 4 atom stereocenters. The van der Waals surface area contributed by atoms with E-state index in [4.69, 9.17) is 0 Å². The summed E-state index contributed by atoms with van der Waals surface area (Å²) in [5, 5.41) is 31.4. The van der Waals surface area contributed by atoms with Crippen LogP contribution < -0.4 is 37.8 Å². The van der Waals surface area contributed by atoms with Crippen LogP contribution in [0.25, 0.3) is 0 Å². The quantitative estimate of drug-likeness (QED) is 0.371. The minimum absolute atomic E-state index is 0. The Morgan fingerprint density at radius 1 is 0.708 bits per heavy atom. The molecule has 4 unspecified atom stereocenters. The lowest BCUT2D eigenvalue weighted by Gasteiger charge is -2.14. The molecule has 0 rings (SSSR count). The van der Waals surface area contributed by atoms with Gasteiger partial charge in [-0.1, -0.05) is 7.43 Å². The van der Waals surface area contributed by atoms with Gasteiger partial charge in [0, 0.05) is 0 Å². The molecule has 0 radical (unpaired) electrons. The van der Waals surface area contributed by atoms with Gasteiger partial charge < -0.3 is 52.2 Å². The number of rotatable bonds is 5. The summed E-state index contributed by atoms with van der Waals surface area (Å²) in [4.78, 5) is 40.0. The molecule has 0 aromatic heterocycles. The van der Waals surface area contributed by atoms with Crippen LogP contribution in [0.2, 0.25) is 0 Å². The van der Waals surface area contributed by atoms with Gasteiger partial charge in [-0.15, -0.1) is 0 Å². The van der Waals surface area contributed by atoms with E-state index in [1.807, 2.05) is 0 Å². The third kappa shape index (κ3) is 22.0. The molecule has 0 saturated carbocycles. The molecule has 0 saturated heterocycles. The van der Waals surface area contributed by atoms with Crippen molar-refractivity contribution in [1.29, 1.82) is 0 Å². The first-order valence-corrected chi connectivity index (χ1v) is 6.66. The first-order chi connectivity index (χ1) is 10.2. The summed E-state index contributed by atoms with van der Waals surface area (Å²) < 4.78 is 0. The summed E-state index contributed by atoms with van der Waals surface area (Å²) in [6.45, 7) is 5.86. The highest BCUT2D eigenvalue weighted by atomic mass is 16.4. The van der Waals surface area contributed by atoms with Crippen LogP contribution in [0.1, 0.15) is 35.1 Å². The molecule has 0 aliphatic carbocycles. The maximum Gasteiger partial charge on any atom is 0.278 e. The van der Waals surface area contributed by atoms with Gasteiger partial charge in [0.1, 0.15) is 12.1 Å². The number of carboxylic acids is 3. The highest BCUT2D eigenvalue weighted by Crippen LogP contribution is 1.79. The molecule has 0 aliphatic heterocycles. The maximum atomic E-state index is 10.8. The molecular formula is C13H30N4O7. The minimum atomic E-state index is -1.29. The maximum absolute atomic E-state index is 10.8. The fourth-order valence-corrected chi connectivity index (χ4v) is 0.415. The van der Waals surface area contributed by atoms with Gasteiger partial charge in [-0.2, -0.15) is 0 Å². The Bertz CT molecular complexity index is 380. The molecule has 10 N–H and O–H groups in total. The Labute approximate surface area is 141 Å². The Kier molecular flexibility index (Phi) is 19.4. The van der Waals surface area contributed by atoms with E-state index in [0.29, 0.717) is 0 Å². The number of carbonyl (C=O) groups is 4. The second kappa shape index (κ2) is 15.6. The molecule has 0 heterocycles. The Hall–Kier alpha value is -2.24. The van der Waals surface area contributed by atoms with Gasteiger partial charge in [-0.3, -0.25) is 4.79 Å². The van der Waals surface area contributed by atoms with E-state index in [1.165, 1.54) is 20.8 Å². The number of quaternary nitrogens is 3. The fourth-order valence-electron chi connectivity index (χ4n) is 0.415. The number of hydrogen-bond donors (Lipinski definition) is 4. The Morgan fingerprint density at radius 3 is 1.08 bits per heavy atom. The monoisotopic (exact) mass is 354 g/mol. The smallest absolute Gasteiger partial charge is 0.278 e. The van der Waals surface area contributed by atoms with Gasteiger partial charge >= 0.3 is 0 Å². The molecule has 1 amide bonds. The number of aliphatic carboxylic acids is 3. The summed E-state index contributed by atoms with van der Waals surface area (Å²) in [5.41, 5.74) is 9.78. The Morgan fingerprint density at radius 2 is 0.958 bits per heavy atom. The first-order valence-electron chi connectivity index (χ1n) is 6.66. The zero-order chi connectivity index (χ0) is 19.3. The number of amides is 1. The van der Waals surface area contributed by atoms with Crippen molar-refractivity contribution in [3.8, 4) is 0 Å². The fraction of sp³-hybridized carbons (Fsp3) is 0.692. The van der Waals surface area contributed by atoms with Crippen LogP contribution in [-0.2, 0) is 19.2 Å². The number of carbonyl (C=O) groups excluding carboxylic acids is 4. The third-order valence-corrected chi connectivity index (χ3v) is 1.96. The Balaban J connectivity index is -0.000000132. The number of hydrogen-bond acceptors (Lipinski definition) is 7. The second-order valence-electron chi connectivity index (χ2n) is 4.89. The lowest BCUT2D eigenvalue weighted by molar-refractivity contribution is -0.432. The van der Waals surface area contributed by atoms with Crippen LogP contribution in [0.15, 0.2) is 0 Å². The van der Waals surface area contributed by atoms with E-state index in [9.17, 15) is 34.5 Å².